The van der Waals surface area contributed by atoms with Crippen LogP contribution in [0, 0.1) is 0 Å². The molecule has 1 amide bonds. The molecule has 1 aromatic rings. The van der Waals surface area contributed by atoms with Gasteiger partial charge in [0.25, 0.3) is 0 Å². The first-order valence-electron chi connectivity index (χ1n) is 4.00. The Labute approximate surface area is 80.6 Å². The Hall–Kier alpha value is -1.10. The molecule has 0 fully saturated rings. The van der Waals surface area contributed by atoms with Crippen molar-refractivity contribution < 1.29 is 9.90 Å². The minimum atomic E-state index is -0.0654. The maximum Gasteiger partial charge on any atom is 0.227 e. The van der Waals surface area contributed by atoms with E-state index in [0.717, 1.165) is 0 Å². The SMILES string of the molecule is CC(C)NC(=O)Cc1nc(O)cs1. The summed E-state index contributed by atoms with van der Waals surface area (Å²) >= 11 is 1.28. The van der Waals surface area contributed by atoms with Gasteiger partial charge in [0.15, 0.2) is 0 Å². The van der Waals surface area contributed by atoms with E-state index in [-0.39, 0.29) is 24.2 Å². The molecular weight excluding hydrogens is 188 g/mol. The molecule has 0 radical (unpaired) electrons. The first kappa shape index (κ1) is 9.98. The fraction of sp³-hybridized carbons (Fsp3) is 0.500. The molecule has 0 aliphatic heterocycles. The van der Waals surface area contributed by atoms with Crippen LogP contribution in [0.2, 0.25) is 0 Å². The van der Waals surface area contributed by atoms with Crippen LogP contribution in [0.1, 0.15) is 18.9 Å². The molecule has 0 aliphatic rings. The molecule has 72 valence electrons. The van der Waals surface area contributed by atoms with E-state index in [4.69, 9.17) is 5.11 Å². The number of hydrogen-bond acceptors (Lipinski definition) is 4. The lowest BCUT2D eigenvalue weighted by molar-refractivity contribution is -0.120. The Balaban J connectivity index is 2.45. The predicted octanol–water partition coefficient (Wildman–Crippen LogP) is 0.916. The number of aromatic nitrogens is 1. The summed E-state index contributed by atoms with van der Waals surface area (Å²) in [7, 11) is 0. The van der Waals surface area contributed by atoms with Gasteiger partial charge in [-0.05, 0) is 13.8 Å². The number of nitrogens with one attached hydrogen (secondary N) is 1. The Kier molecular flexibility index (Phi) is 3.25. The molecular formula is C8H12N2O2S. The van der Waals surface area contributed by atoms with Crippen molar-refractivity contribution in [3.63, 3.8) is 0 Å². The molecule has 0 unspecified atom stereocenters. The molecule has 0 bridgehead atoms. The number of carbonyl (C=O) groups is 1. The maximum atomic E-state index is 11.2. The number of thiazole rings is 1. The summed E-state index contributed by atoms with van der Waals surface area (Å²) in [6.07, 6.45) is 0.239. The predicted molar refractivity (Wildman–Crippen MR) is 50.8 cm³/mol. The van der Waals surface area contributed by atoms with Crippen molar-refractivity contribution in [1.29, 1.82) is 0 Å². The van der Waals surface area contributed by atoms with Crippen molar-refractivity contribution in [2.75, 3.05) is 0 Å². The van der Waals surface area contributed by atoms with Crippen molar-refractivity contribution >= 4 is 17.2 Å². The van der Waals surface area contributed by atoms with Gasteiger partial charge in [-0.25, -0.2) is 4.98 Å². The molecule has 5 heteroatoms. The lowest BCUT2D eigenvalue weighted by Gasteiger charge is -2.05. The first-order valence-corrected chi connectivity index (χ1v) is 4.88. The van der Waals surface area contributed by atoms with E-state index in [9.17, 15) is 4.79 Å². The molecule has 1 heterocycles. The zero-order valence-electron chi connectivity index (χ0n) is 7.57. The number of aromatic hydroxyl groups is 1. The van der Waals surface area contributed by atoms with Gasteiger partial charge in [0.1, 0.15) is 5.01 Å². The highest BCUT2D eigenvalue weighted by Gasteiger charge is 2.07. The zero-order valence-corrected chi connectivity index (χ0v) is 8.39. The number of hydrogen-bond donors (Lipinski definition) is 2. The molecule has 2 N–H and O–H groups in total. The quantitative estimate of drug-likeness (QED) is 0.762. The second-order valence-electron chi connectivity index (χ2n) is 3.00. The average molecular weight is 200 g/mol. The van der Waals surface area contributed by atoms with Crippen molar-refractivity contribution in [2.45, 2.75) is 26.3 Å². The van der Waals surface area contributed by atoms with E-state index < -0.39 is 0 Å². The smallest absolute Gasteiger partial charge is 0.227 e. The van der Waals surface area contributed by atoms with E-state index >= 15 is 0 Å². The van der Waals surface area contributed by atoms with Crippen molar-refractivity contribution in [1.82, 2.24) is 10.3 Å². The molecule has 13 heavy (non-hydrogen) atoms. The molecule has 0 spiro atoms. The van der Waals surface area contributed by atoms with Gasteiger partial charge in [-0.15, -0.1) is 11.3 Å². The summed E-state index contributed by atoms with van der Waals surface area (Å²) < 4.78 is 0. The fourth-order valence-electron chi connectivity index (χ4n) is 0.893. The van der Waals surface area contributed by atoms with Gasteiger partial charge in [0.05, 0.1) is 11.8 Å². The first-order chi connectivity index (χ1) is 6.08. The summed E-state index contributed by atoms with van der Waals surface area (Å²) in [5.41, 5.74) is 0. The van der Waals surface area contributed by atoms with Crippen LogP contribution in [0.5, 0.6) is 5.88 Å². The van der Waals surface area contributed by atoms with Crippen LogP contribution in [0.4, 0.5) is 0 Å². The minimum Gasteiger partial charge on any atom is -0.493 e. The Morgan fingerprint density at radius 3 is 2.92 bits per heavy atom. The monoisotopic (exact) mass is 200 g/mol. The molecule has 0 saturated heterocycles. The van der Waals surface area contributed by atoms with E-state index in [1.165, 1.54) is 16.7 Å². The van der Waals surface area contributed by atoms with Gasteiger partial charge in [0, 0.05) is 6.04 Å². The Bertz CT molecular complexity index is 296. The Morgan fingerprint density at radius 2 is 2.46 bits per heavy atom. The highest BCUT2D eigenvalue weighted by molar-refractivity contribution is 7.09. The van der Waals surface area contributed by atoms with Crippen LogP contribution in [0.25, 0.3) is 0 Å². The van der Waals surface area contributed by atoms with E-state index in [0.29, 0.717) is 5.01 Å². The summed E-state index contributed by atoms with van der Waals surface area (Å²) in [5.74, 6) is -0.0818. The highest BCUT2D eigenvalue weighted by atomic mass is 32.1. The molecule has 1 rings (SSSR count). The van der Waals surface area contributed by atoms with Gasteiger partial charge in [-0.3, -0.25) is 4.79 Å². The van der Waals surface area contributed by atoms with Gasteiger partial charge in [-0.2, -0.15) is 0 Å². The second kappa shape index (κ2) is 4.23. The summed E-state index contributed by atoms with van der Waals surface area (Å²) in [6.45, 7) is 3.80. The van der Waals surface area contributed by atoms with Crippen LogP contribution in [-0.2, 0) is 11.2 Å². The Morgan fingerprint density at radius 1 is 1.77 bits per heavy atom. The van der Waals surface area contributed by atoms with E-state index in [1.807, 2.05) is 13.8 Å². The third kappa shape index (κ3) is 3.42. The van der Waals surface area contributed by atoms with Crippen molar-refractivity contribution in [3.8, 4) is 5.88 Å². The fourth-order valence-corrected chi connectivity index (χ4v) is 1.55. The third-order valence-corrected chi connectivity index (χ3v) is 2.14. The third-order valence-electron chi connectivity index (χ3n) is 1.30. The lowest BCUT2D eigenvalue weighted by atomic mass is 10.3. The van der Waals surface area contributed by atoms with Gasteiger partial charge >= 0.3 is 0 Å². The zero-order chi connectivity index (χ0) is 9.84. The summed E-state index contributed by atoms with van der Waals surface area (Å²) in [4.78, 5) is 15.0. The van der Waals surface area contributed by atoms with E-state index in [2.05, 4.69) is 10.3 Å². The summed E-state index contributed by atoms with van der Waals surface area (Å²) in [5, 5.41) is 13.8. The molecule has 4 nitrogen and oxygen atoms in total. The molecule has 0 aliphatic carbocycles. The van der Waals surface area contributed by atoms with Crippen LogP contribution >= 0.6 is 11.3 Å². The summed E-state index contributed by atoms with van der Waals surface area (Å²) in [6, 6.07) is 0.140. The average Bonchev–Trinajstić information content (AvgIpc) is 2.33. The van der Waals surface area contributed by atoms with Gasteiger partial charge < -0.3 is 10.4 Å². The van der Waals surface area contributed by atoms with Crippen LogP contribution in [-0.4, -0.2) is 22.0 Å². The molecule has 0 aromatic carbocycles. The van der Waals surface area contributed by atoms with Crippen molar-refractivity contribution in [2.24, 2.45) is 0 Å². The van der Waals surface area contributed by atoms with E-state index in [1.54, 1.807) is 0 Å². The van der Waals surface area contributed by atoms with Gasteiger partial charge in [0.2, 0.25) is 11.8 Å². The second-order valence-corrected chi connectivity index (χ2v) is 3.94. The number of nitrogens with zero attached hydrogens (tertiary/aromatic N) is 1. The normalized spacial score (nSPS) is 10.4. The minimum absolute atomic E-state index is 0.0163. The van der Waals surface area contributed by atoms with Crippen LogP contribution in [0.3, 0.4) is 0 Å². The lowest BCUT2D eigenvalue weighted by Crippen LogP contribution is -2.31. The maximum absolute atomic E-state index is 11.2. The largest absolute Gasteiger partial charge is 0.493 e. The number of rotatable bonds is 3. The molecule has 0 atom stereocenters. The van der Waals surface area contributed by atoms with Crippen LogP contribution < -0.4 is 5.32 Å². The van der Waals surface area contributed by atoms with Crippen molar-refractivity contribution in [3.05, 3.63) is 10.4 Å². The number of carbonyl (C=O) groups excluding carboxylic acids is 1. The van der Waals surface area contributed by atoms with Crippen LogP contribution in [0.15, 0.2) is 5.38 Å². The van der Waals surface area contributed by atoms with Gasteiger partial charge in [-0.1, -0.05) is 0 Å². The topological polar surface area (TPSA) is 62.2 Å². The molecule has 1 aromatic heterocycles. The molecule has 0 saturated carbocycles. The standard InChI is InChI=1S/C8H12N2O2S/c1-5(2)9-6(11)3-8-10-7(12)4-13-8/h4-5,12H,3H2,1-2H3,(H,9,11). The highest BCUT2D eigenvalue weighted by Crippen LogP contribution is 2.14. The number of amides is 1.